The molecule has 0 aliphatic carbocycles. The Kier molecular flexibility index (Phi) is 4.85. The standard InChI is InChI=1S/C23H25NO4/c1-14-5-6-19-18(11-22(25)28-23(19)15(14)2)13-24-8-7-16-9-20(26-3)21(27-4)10-17(16)12-24/h5-6,9-11H,7-8,12-13H2,1-4H3/p+1. The van der Waals surface area contributed by atoms with E-state index in [-0.39, 0.29) is 5.63 Å². The molecule has 0 spiro atoms. The summed E-state index contributed by atoms with van der Waals surface area (Å²) < 4.78 is 16.4. The maximum absolute atomic E-state index is 12.2. The van der Waals surface area contributed by atoms with Crippen molar-refractivity contribution in [3.8, 4) is 11.5 Å². The van der Waals surface area contributed by atoms with Crippen molar-refractivity contribution in [2.75, 3.05) is 20.8 Å². The summed E-state index contributed by atoms with van der Waals surface area (Å²) in [6.45, 7) is 6.74. The third-order valence-corrected chi connectivity index (χ3v) is 5.85. The summed E-state index contributed by atoms with van der Waals surface area (Å²) in [7, 11) is 3.33. The van der Waals surface area contributed by atoms with Crippen molar-refractivity contribution < 1.29 is 18.8 Å². The fraction of sp³-hybridized carbons (Fsp3) is 0.348. The molecule has 1 N–H and O–H groups in total. The van der Waals surface area contributed by atoms with Crippen LogP contribution in [0.5, 0.6) is 11.5 Å². The van der Waals surface area contributed by atoms with E-state index in [1.165, 1.54) is 16.0 Å². The first-order chi connectivity index (χ1) is 13.5. The van der Waals surface area contributed by atoms with Crippen LogP contribution in [0.1, 0.15) is 27.8 Å². The van der Waals surface area contributed by atoms with Crippen molar-refractivity contribution >= 4 is 11.0 Å². The minimum atomic E-state index is -0.278. The molecule has 1 unspecified atom stereocenters. The van der Waals surface area contributed by atoms with Crippen LogP contribution in [0.15, 0.2) is 39.5 Å². The van der Waals surface area contributed by atoms with Crippen LogP contribution in [0.2, 0.25) is 0 Å². The van der Waals surface area contributed by atoms with Gasteiger partial charge in [0.2, 0.25) is 0 Å². The minimum Gasteiger partial charge on any atom is -0.493 e. The van der Waals surface area contributed by atoms with E-state index >= 15 is 0 Å². The molecule has 0 fully saturated rings. The molecule has 0 saturated heterocycles. The Morgan fingerprint density at radius 2 is 1.75 bits per heavy atom. The number of aryl methyl sites for hydroxylation is 2. The van der Waals surface area contributed by atoms with E-state index in [1.54, 1.807) is 20.3 Å². The SMILES string of the molecule is COc1cc2c(cc1OC)C[NH+](Cc1cc(=O)oc3c(C)c(C)ccc13)CC2. The van der Waals surface area contributed by atoms with Gasteiger partial charge in [-0.15, -0.1) is 0 Å². The molecule has 1 aliphatic heterocycles. The first-order valence-electron chi connectivity index (χ1n) is 9.60. The summed E-state index contributed by atoms with van der Waals surface area (Å²) in [5.41, 5.74) is 6.24. The van der Waals surface area contributed by atoms with Crippen molar-refractivity contribution in [2.24, 2.45) is 0 Å². The molecule has 0 amide bonds. The molecule has 1 aliphatic rings. The van der Waals surface area contributed by atoms with E-state index in [0.29, 0.717) is 5.58 Å². The molecule has 0 saturated carbocycles. The highest BCUT2D eigenvalue weighted by Gasteiger charge is 2.23. The second kappa shape index (κ2) is 7.32. The number of rotatable bonds is 4. The second-order valence-corrected chi connectivity index (χ2v) is 7.55. The molecule has 5 nitrogen and oxygen atoms in total. The van der Waals surface area contributed by atoms with Gasteiger partial charge in [-0.05, 0) is 42.7 Å². The monoisotopic (exact) mass is 380 g/mol. The van der Waals surface area contributed by atoms with E-state index in [0.717, 1.165) is 59.6 Å². The fourth-order valence-corrected chi connectivity index (χ4v) is 4.12. The largest absolute Gasteiger partial charge is 0.493 e. The van der Waals surface area contributed by atoms with Crippen molar-refractivity contribution in [3.05, 3.63) is 68.6 Å². The number of ether oxygens (including phenoxy) is 2. The highest BCUT2D eigenvalue weighted by atomic mass is 16.5. The molecular weight excluding hydrogens is 354 g/mol. The minimum absolute atomic E-state index is 0.278. The van der Waals surface area contributed by atoms with Crippen LogP contribution in [-0.2, 0) is 19.5 Å². The van der Waals surface area contributed by atoms with Gasteiger partial charge in [-0.1, -0.05) is 12.1 Å². The van der Waals surface area contributed by atoms with Gasteiger partial charge in [0.25, 0.3) is 0 Å². The number of hydrogen-bond donors (Lipinski definition) is 1. The van der Waals surface area contributed by atoms with E-state index < -0.39 is 0 Å². The molecule has 1 aromatic heterocycles. The Hall–Kier alpha value is -2.79. The van der Waals surface area contributed by atoms with Crippen molar-refractivity contribution in [3.63, 3.8) is 0 Å². The highest BCUT2D eigenvalue weighted by Crippen LogP contribution is 2.31. The lowest BCUT2D eigenvalue weighted by Gasteiger charge is -2.27. The summed E-state index contributed by atoms with van der Waals surface area (Å²) >= 11 is 0. The number of hydrogen-bond acceptors (Lipinski definition) is 4. The van der Waals surface area contributed by atoms with Gasteiger partial charge in [-0.3, -0.25) is 0 Å². The van der Waals surface area contributed by atoms with Crippen molar-refractivity contribution in [1.82, 2.24) is 0 Å². The third kappa shape index (κ3) is 3.27. The van der Waals surface area contributed by atoms with Crippen LogP contribution >= 0.6 is 0 Å². The Bertz CT molecular complexity index is 1100. The predicted octanol–water partition coefficient (Wildman–Crippen LogP) is 2.57. The van der Waals surface area contributed by atoms with Crippen molar-refractivity contribution in [1.29, 1.82) is 0 Å². The average Bonchev–Trinajstić information content (AvgIpc) is 2.70. The molecule has 0 radical (unpaired) electrons. The summed E-state index contributed by atoms with van der Waals surface area (Å²) in [6.07, 6.45) is 0.975. The zero-order valence-corrected chi connectivity index (χ0v) is 16.8. The molecular formula is C23H26NO4+. The predicted molar refractivity (Wildman–Crippen MR) is 108 cm³/mol. The van der Waals surface area contributed by atoms with Gasteiger partial charge in [0.1, 0.15) is 18.7 Å². The first-order valence-corrected chi connectivity index (χ1v) is 9.60. The van der Waals surface area contributed by atoms with Gasteiger partial charge in [-0.2, -0.15) is 0 Å². The van der Waals surface area contributed by atoms with Gasteiger partial charge < -0.3 is 18.8 Å². The fourth-order valence-electron chi connectivity index (χ4n) is 4.12. The maximum atomic E-state index is 12.2. The molecule has 1 atom stereocenters. The molecule has 4 rings (SSSR count). The lowest BCUT2D eigenvalue weighted by atomic mass is 9.97. The quantitative estimate of drug-likeness (QED) is 0.707. The van der Waals surface area contributed by atoms with E-state index in [4.69, 9.17) is 13.9 Å². The van der Waals surface area contributed by atoms with Crippen LogP contribution in [-0.4, -0.2) is 20.8 Å². The smallest absolute Gasteiger partial charge is 0.336 e. The highest BCUT2D eigenvalue weighted by molar-refractivity contribution is 5.83. The molecule has 3 aromatic rings. The number of quaternary nitrogens is 1. The lowest BCUT2D eigenvalue weighted by Crippen LogP contribution is -3.10. The number of methoxy groups -OCH3 is 2. The Labute approximate surface area is 164 Å². The van der Waals surface area contributed by atoms with Crippen LogP contribution < -0.4 is 20.0 Å². The normalized spacial score (nSPS) is 16.1. The van der Waals surface area contributed by atoms with Gasteiger partial charge in [0.15, 0.2) is 11.5 Å². The lowest BCUT2D eigenvalue weighted by molar-refractivity contribution is -0.929. The Balaban J connectivity index is 1.67. The van der Waals surface area contributed by atoms with Gasteiger partial charge >= 0.3 is 5.63 Å². The van der Waals surface area contributed by atoms with Crippen LogP contribution in [0.25, 0.3) is 11.0 Å². The second-order valence-electron chi connectivity index (χ2n) is 7.55. The first kappa shape index (κ1) is 18.6. The van der Waals surface area contributed by atoms with Crippen molar-refractivity contribution in [2.45, 2.75) is 33.4 Å². The Morgan fingerprint density at radius 3 is 2.46 bits per heavy atom. The summed E-state index contributed by atoms with van der Waals surface area (Å²) in [5.74, 6) is 1.54. The van der Waals surface area contributed by atoms with Gasteiger partial charge in [-0.25, -0.2) is 4.79 Å². The molecule has 0 bridgehead atoms. The zero-order chi connectivity index (χ0) is 19.8. The van der Waals surface area contributed by atoms with Crippen LogP contribution in [0.4, 0.5) is 0 Å². The van der Waals surface area contributed by atoms with Crippen LogP contribution in [0.3, 0.4) is 0 Å². The van der Waals surface area contributed by atoms with E-state index in [9.17, 15) is 4.79 Å². The summed E-state index contributed by atoms with van der Waals surface area (Å²) in [4.78, 5) is 13.6. The molecule has 5 heteroatoms. The Morgan fingerprint density at radius 1 is 1.04 bits per heavy atom. The number of benzene rings is 2. The summed E-state index contributed by atoms with van der Waals surface area (Å²) in [5, 5.41) is 1.04. The molecule has 28 heavy (non-hydrogen) atoms. The molecule has 2 heterocycles. The van der Waals surface area contributed by atoms with Gasteiger partial charge in [0.05, 0.1) is 20.8 Å². The third-order valence-electron chi connectivity index (χ3n) is 5.85. The average molecular weight is 380 g/mol. The molecule has 2 aromatic carbocycles. The number of nitrogens with one attached hydrogen (secondary N) is 1. The zero-order valence-electron chi connectivity index (χ0n) is 16.8. The van der Waals surface area contributed by atoms with E-state index in [1.807, 2.05) is 13.8 Å². The molecule has 146 valence electrons. The summed E-state index contributed by atoms with van der Waals surface area (Å²) in [6, 6.07) is 9.98. The number of fused-ring (bicyclic) bond motifs is 2. The van der Waals surface area contributed by atoms with E-state index in [2.05, 4.69) is 24.3 Å². The van der Waals surface area contributed by atoms with Gasteiger partial charge in [0, 0.05) is 29.0 Å². The maximum Gasteiger partial charge on any atom is 0.336 e. The van der Waals surface area contributed by atoms with Crippen LogP contribution in [0, 0.1) is 13.8 Å². The topological polar surface area (TPSA) is 53.1 Å².